The summed E-state index contributed by atoms with van der Waals surface area (Å²) in [5.41, 5.74) is 0.382. The second kappa shape index (κ2) is 5.85. The third-order valence-corrected chi connectivity index (χ3v) is 3.58. The van der Waals surface area contributed by atoms with Gasteiger partial charge in [-0.1, -0.05) is 48.6 Å². The van der Waals surface area contributed by atoms with E-state index in [0.29, 0.717) is 12.1 Å². The van der Waals surface area contributed by atoms with Crippen molar-refractivity contribution in [2.75, 3.05) is 0 Å². The number of allylic oxidation sites excluding steroid dienone is 7. The molecule has 0 fully saturated rings. The van der Waals surface area contributed by atoms with Gasteiger partial charge >= 0.3 is 5.97 Å². The molecule has 0 amide bonds. The molecule has 3 rings (SSSR count). The lowest BCUT2D eigenvalue weighted by Gasteiger charge is -2.07. The molecule has 1 N–H and O–H groups in total. The van der Waals surface area contributed by atoms with Crippen molar-refractivity contribution in [3.05, 3.63) is 84.3 Å². The van der Waals surface area contributed by atoms with Gasteiger partial charge in [-0.15, -0.1) is 0 Å². The lowest BCUT2D eigenvalue weighted by molar-refractivity contribution is -0.138. The van der Waals surface area contributed by atoms with Crippen LogP contribution in [0.15, 0.2) is 83.6 Å². The van der Waals surface area contributed by atoms with E-state index < -0.39 is 11.5 Å². The van der Waals surface area contributed by atoms with Crippen molar-refractivity contribution >= 4 is 12.2 Å². The summed E-state index contributed by atoms with van der Waals surface area (Å²) < 4.78 is 2.01. The Morgan fingerprint density at radius 1 is 1.18 bits per heavy atom. The number of aliphatic carboxylic acids is 1. The maximum atomic E-state index is 11.5. The minimum absolute atomic E-state index is 0.705. The van der Waals surface area contributed by atoms with E-state index in [0.717, 1.165) is 5.69 Å². The quantitative estimate of drug-likeness (QED) is 0.865. The summed E-state index contributed by atoms with van der Waals surface area (Å²) in [5, 5.41) is 9.44. The number of hydrogen-bond acceptors (Lipinski definition) is 2. The summed E-state index contributed by atoms with van der Waals surface area (Å²) in [6.45, 7) is 0.709. The van der Waals surface area contributed by atoms with Crippen LogP contribution in [-0.4, -0.2) is 27.4 Å². The third kappa shape index (κ3) is 2.76. The molecule has 0 spiro atoms. The Morgan fingerprint density at radius 3 is 2.77 bits per heavy atom. The zero-order valence-electron chi connectivity index (χ0n) is 12.0. The monoisotopic (exact) mass is 292 g/mol. The Labute approximate surface area is 128 Å². The number of carbonyl (C=O) groups is 1. The molecule has 2 heterocycles. The molecule has 0 aromatic carbocycles. The normalized spacial score (nSPS) is 29.0. The van der Waals surface area contributed by atoms with Crippen molar-refractivity contribution in [1.82, 2.24) is 4.57 Å². The molecule has 0 saturated carbocycles. The van der Waals surface area contributed by atoms with Crippen molar-refractivity contribution in [3.63, 3.8) is 0 Å². The van der Waals surface area contributed by atoms with Crippen molar-refractivity contribution in [2.45, 2.75) is 12.1 Å². The number of aromatic nitrogens is 1. The molecule has 0 saturated heterocycles. The maximum absolute atomic E-state index is 11.5. The minimum Gasteiger partial charge on any atom is -0.479 e. The fourth-order valence-electron chi connectivity index (χ4n) is 2.26. The van der Waals surface area contributed by atoms with Crippen LogP contribution in [0.1, 0.15) is 5.69 Å². The van der Waals surface area contributed by atoms with Gasteiger partial charge < -0.3 is 9.67 Å². The standard InChI is InChI=1S/C18H16N2O2/c21-17(22)18-13-15(18)9-6-4-2-1-3-5-7-11-20-12-8-10-16(20)14-19-18/h1-10,12-14H,11H2,(H,21,22)/b3-1-,4-2-,7-5-,9-6-,19-14?/t18-/m1/s1. The van der Waals surface area contributed by atoms with Gasteiger partial charge in [0.25, 0.3) is 0 Å². The van der Waals surface area contributed by atoms with Crippen LogP contribution < -0.4 is 0 Å². The van der Waals surface area contributed by atoms with Crippen LogP contribution >= 0.6 is 0 Å². The van der Waals surface area contributed by atoms with Crippen LogP contribution in [-0.2, 0) is 11.3 Å². The van der Waals surface area contributed by atoms with Crippen LogP contribution in [0.2, 0.25) is 0 Å². The molecule has 0 unspecified atom stereocenters. The van der Waals surface area contributed by atoms with Gasteiger partial charge in [0.15, 0.2) is 0 Å². The molecular formula is C18H16N2O2. The van der Waals surface area contributed by atoms with Crippen molar-refractivity contribution in [1.29, 1.82) is 0 Å². The molecule has 2 aliphatic rings. The second-order valence-electron chi connectivity index (χ2n) is 5.07. The fraction of sp³-hybridized carbons (Fsp3) is 0.111. The van der Waals surface area contributed by atoms with Crippen LogP contribution in [0, 0.1) is 0 Å². The molecule has 1 atom stereocenters. The van der Waals surface area contributed by atoms with Gasteiger partial charge in [-0.25, -0.2) is 4.79 Å². The molecule has 22 heavy (non-hydrogen) atoms. The van der Waals surface area contributed by atoms with Crippen molar-refractivity contribution in [2.24, 2.45) is 4.99 Å². The largest absolute Gasteiger partial charge is 0.479 e. The van der Waals surface area contributed by atoms with Gasteiger partial charge in [0, 0.05) is 19.0 Å². The van der Waals surface area contributed by atoms with Crippen LogP contribution in [0.4, 0.5) is 0 Å². The van der Waals surface area contributed by atoms with Gasteiger partial charge in [-0.2, -0.15) is 0 Å². The first-order valence-corrected chi connectivity index (χ1v) is 7.06. The summed E-state index contributed by atoms with van der Waals surface area (Å²) >= 11 is 0. The van der Waals surface area contributed by atoms with Gasteiger partial charge in [-0.3, -0.25) is 4.99 Å². The van der Waals surface area contributed by atoms with Gasteiger partial charge in [0.2, 0.25) is 5.54 Å². The number of hydrogen-bond donors (Lipinski definition) is 1. The van der Waals surface area contributed by atoms with Crippen molar-refractivity contribution in [3.8, 4) is 0 Å². The van der Waals surface area contributed by atoms with E-state index in [1.54, 1.807) is 18.4 Å². The minimum atomic E-state index is -1.20. The predicted octanol–water partition coefficient (Wildman–Crippen LogP) is 2.91. The molecular weight excluding hydrogens is 276 g/mol. The zero-order valence-corrected chi connectivity index (χ0v) is 12.0. The van der Waals surface area contributed by atoms with E-state index >= 15 is 0 Å². The van der Waals surface area contributed by atoms with Gasteiger partial charge in [-0.05, 0) is 23.8 Å². The van der Waals surface area contributed by atoms with E-state index in [2.05, 4.69) is 4.99 Å². The first-order valence-electron chi connectivity index (χ1n) is 7.06. The average Bonchev–Trinajstić information content (AvgIpc) is 3.04. The first kappa shape index (κ1) is 14.1. The Balaban J connectivity index is 1.94. The topological polar surface area (TPSA) is 54.6 Å². The molecule has 1 aromatic heterocycles. The van der Waals surface area contributed by atoms with E-state index in [1.807, 2.05) is 65.4 Å². The highest BCUT2D eigenvalue weighted by Crippen LogP contribution is 2.39. The maximum Gasteiger partial charge on any atom is 0.340 e. The number of fused-ring (bicyclic) bond motifs is 2. The summed E-state index contributed by atoms with van der Waals surface area (Å²) in [4.78, 5) is 15.8. The summed E-state index contributed by atoms with van der Waals surface area (Å²) in [6.07, 6.45) is 20.5. The van der Waals surface area contributed by atoms with Gasteiger partial charge in [0.05, 0.1) is 5.69 Å². The highest BCUT2D eigenvalue weighted by molar-refractivity contribution is 5.97. The molecule has 4 heteroatoms. The molecule has 0 bridgehead atoms. The molecule has 1 aliphatic carbocycles. The Kier molecular flexibility index (Phi) is 3.74. The number of nitrogens with zero attached hydrogens (tertiary/aromatic N) is 2. The molecule has 110 valence electrons. The summed E-state index contributed by atoms with van der Waals surface area (Å²) in [7, 11) is 0. The third-order valence-electron chi connectivity index (χ3n) is 3.58. The van der Waals surface area contributed by atoms with Crippen molar-refractivity contribution < 1.29 is 9.90 Å². The Hall–Kier alpha value is -2.88. The lowest BCUT2D eigenvalue weighted by atomic mass is 10.1. The number of carboxylic acids is 1. The lowest BCUT2D eigenvalue weighted by Crippen LogP contribution is -2.24. The highest BCUT2D eigenvalue weighted by atomic mass is 16.4. The molecule has 4 nitrogen and oxygen atoms in total. The number of aliphatic imine (C=N–C) groups is 1. The average molecular weight is 292 g/mol. The van der Waals surface area contributed by atoms with E-state index in [1.165, 1.54) is 0 Å². The molecule has 1 aromatic rings. The predicted molar refractivity (Wildman–Crippen MR) is 87.0 cm³/mol. The number of carboxylic acid groups (broad SMARTS) is 1. The number of rotatable bonds is 1. The highest BCUT2D eigenvalue weighted by Gasteiger charge is 2.49. The van der Waals surface area contributed by atoms with E-state index in [4.69, 9.17) is 0 Å². The SMILES string of the molecule is O=C(O)[C@@]12C=C1\C=C/C=C\C=C/C=C\Cn1cccc1C=N2. The van der Waals surface area contributed by atoms with E-state index in [-0.39, 0.29) is 0 Å². The fourth-order valence-corrected chi connectivity index (χ4v) is 2.26. The van der Waals surface area contributed by atoms with Crippen LogP contribution in [0.5, 0.6) is 0 Å². The first-order chi connectivity index (χ1) is 10.7. The second-order valence-corrected chi connectivity index (χ2v) is 5.07. The van der Waals surface area contributed by atoms with Gasteiger partial charge in [0.1, 0.15) is 0 Å². The van der Waals surface area contributed by atoms with E-state index in [9.17, 15) is 9.90 Å². The molecule has 0 radical (unpaired) electrons. The smallest absolute Gasteiger partial charge is 0.340 e. The Bertz CT molecular complexity index is 760. The summed E-state index contributed by atoms with van der Waals surface area (Å²) in [6, 6.07) is 3.84. The zero-order chi connectivity index (χ0) is 15.4. The molecule has 1 aliphatic heterocycles. The van der Waals surface area contributed by atoms with Crippen LogP contribution in [0.3, 0.4) is 0 Å². The van der Waals surface area contributed by atoms with Crippen LogP contribution in [0.25, 0.3) is 0 Å². The Morgan fingerprint density at radius 2 is 1.95 bits per heavy atom. The summed E-state index contributed by atoms with van der Waals surface area (Å²) in [5.74, 6) is -0.949.